The molecule has 3 nitrogen and oxygen atoms in total. The van der Waals surface area contributed by atoms with Gasteiger partial charge in [-0.15, -0.1) is 0 Å². The van der Waals surface area contributed by atoms with Crippen molar-refractivity contribution in [2.75, 3.05) is 6.54 Å². The van der Waals surface area contributed by atoms with Crippen molar-refractivity contribution in [1.29, 1.82) is 0 Å². The molecule has 0 bridgehead atoms. The van der Waals surface area contributed by atoms with E-state index in [1.807, 2.05) is 6.07 Å². The molecule has 2 heterocycles. The molecule has 0 aliphatic carbocycles. The second kappa shape index (κ2) is 5.27. The lowest BCUT2D eigenvalue weighted by atomic mass is 9.96. The van der Waals surface area contributed by atoms with Crippen LogP contribution in [0.5, 0.6) is 0 Å². The Kier molecular flexibility index (Phi) is 3.91. The summed E-state index contributed by atoms with van der Waals surface area (Å²) in [5.74, 6) is 0.273. The van der Waals surface area contributed by atoms with Gasteiger partial charge in [-0.2, -0.15) is 0 Å². The molecular weight excluding hydrogens is 224 g/mol. The summed E-state index contributed by atoms with van der Waals surface area (Å²) in [5.41, 5.74) is 3.20. The second-order valence-electron chi connectivity index (χ2n) is 5.62. The maximum atomic E-state index is 12.5. The zero-order valence-electron chi connectivity index (χ0n) is 11.9. The summed E-state index contributed by atoms with van der Waals surface area (Å²) in [6.45, 7) is 9.43. The van der Waals surface area contributed by atoms with E-state index in [4.69, 9.17) is 0 Å². The van der Waals surface area contributed by atoms with Gasteiger partial charge in [-0.1, -0.05) is 6.42 Å². The Morgan fingerprint density at radius 3 is 2.61 bits per heavy atom. The minimum atomic E-state index is 0.0277. The highest BCUT2D eigenvalue weighted by Gasteiger charge is 2.25. The van der Waals surface area contributed by atoms with E-state index >= 15 is 0 Å². The minimum absolute atomic E-state index is 0.0277. The van der Waals surface area contributed by atoms with Gasteiger partial charge >= 0.3 is 0 Å². The zero-order chi connectivity index (χ0) is 13.3. The van der Waals surface area contributed by atoms with Crippen LogP contribution in [0, 0.1) is 13.8 Å². The van der Waals surface area contributed by atoms with E-state index < -0.39 is 0 Å². The Bertz CT molecular complexity index is 440. The van der Waals surface area contributed by atoms with Gasteiger partial charge in [0.15, 0.2) is 5.78 Å². The standard InChI is InChI=1S/C15H24N2O/c1-10(2)17-11(3)9-13(12(17)4)15(18)14-7-5-6-8-16-14/h9-10,14,16H,5-8H2,1-4H3. The van der Waals surface area contributed by atoms with Crippen LogP contribution in [0.15, 0.2) is 6.07 Å². The summed E-state index contributed by atoms with van der Waals surface area (Å²) < 4.78 is 2.25. The Balaban J connectivity index is 2.28. The van der Waals surface area contributed by atoms with Crippen molar-refractivity contribution in [2.45, 2.75) is 59.0 Å². The van der Waals surface area contributed by atoms with Crippen LogP contribution in [0.1, 0.15) is 60.9 Å². The molecule has 1 atom stereocenters. The van der Waals surface area contributed by atoms with Gasteiger partial charge in [0.25, 0.3) is 0 Å². The first-order valence-electron chi connectivity index (χ1n) is 6.98. The molecule has 1 aliphatic rings. The van der Waals surface area contributed by atoms with E-state index in [1.165, 1.54) is 12.1 Å². The average molecular weight is 248 g/mol. The fourth-order valence-corrected chi connectivity index (χ4v) is 3.08. The third-order valence-electron chi connectivity index (χ3n) is 3.89. The predicted octanol–water partition coefficient (Wildman–Crippen LogP) is 3.01. The van der Waals surface area contributed by atoms with E-state index in [-0.39, 0.29) is 11.8 Å². The van der Waals surface area contributed by atoms with Gasteiger partial charge in [0.1, 0.15) is 0 Å². The maximum Gasteiger partial charge on any atom is 0.181 e. The minimum Gasteiger partial charge on any atom is -0.346 e. The number of carbonyl (C=O) groups excluding carboxylic acids is 1. The first-order valence-corrected chi connectivity index (χ1v) is 6.98. The lowest BCUT2D eigenvalue weighted by Crippen LogP contribution is -2.40. The van der Waals surface area contributed by atoms with Crippen molar-refractivity contribution in [2.24, 2.45) is 0 Å². The number of carbonyl (C=O) groups is 1. The molecule has 0 amide bonds. The van der Waals surface area contributed by atoms with E-state index in [9.17, 15) is 4.79 Å². The van der Waals surface area contributed by atoms with Gasteiger partial charge in [0, 0.05) is 23.0 Å². The van der Waals surface area contributed by atoms with Crippen LogP contribution in [-0.4, -0.2) is 22.9 Å². The van der Waals surface area contributed by atoms with E-state index in [2.05, 4.69) is 37.6 Å². The van der Waals surface area contributed by atoms with E-state index in [0.29, 0.717) is 6.04 Å². The molecule has 1 aliphatic heterocycles. The summed E-state index contributed by atoms with van der Waals surface area (Å²) >= 11 is 0. The normalized spacial score (nSPS) is 20.4. The first kappa shape index (κ1) is 13.3. The van der Waals surface area contributed by atoms with Crippen LogP contribution < -0.4 is 5.32 Å². The maximum absolute atomic E-state index is 12.5. The van der Waals surface area contributed by atoms with Crippen molar-refractivity contribution in [3.8, 4) is 0 Å². The predicted molar refractivity (Wildman–Crippen MR) is 74.3 cm³/mol. The molecule has 0 aromatic carbocycles. The highest BCUT2D eigenvalue weighted by atomic mass is 16.1. The summed E-state index contributed by atoms with van der Waals surface area (Å²) in [6.07, 6.45) is 3.32. The van der Waals surface area contributed by atoms with Gasteiger partial charge in [-0.3, -0.25) is 4.79 Å². The number of nitrogens with one attached hydrogen (secondary N) is 1. The number of nitrogens with zero attached hydrogens (tertiary/aromatic N) is 1. The summed E-state index contributed by atoms with van der Waals surface area (Å²) in [6, 6.07) is 2.49. The van der Waals surface area contributed by atoms with Gasteiger partial charge in [0.2, 0.25) is 0 Å². The highest BCUT2D eigenvalue weighted by molar-refractivity contribution is 6.01. The molecule has 1 aromatic heterocycles. The third-order valence-corrected chi connectivity index (χ3v) is 3.89. The number of aryl methyl sites for hydroxylation is 1. The molecule has 1 saturated heterocycles. The zero-order valence-corrected chi connectivity index (χ0v) is 11.9. The van der Waals surface area contributed by atoms with Crippen LogP contribution in [0.2, 0.25) is 0 Å². The smallest absolute Gasteiger partial charge is 0.181 e. The molecule has 2 rings (SSSR count). The number of aromatic nitrogens is 1. The highest BCUT2D eigenvalue weighted by Crippen LogP contribution is 2.23. The monoisotopic (exact) mass is 248 g/mol. The second-order valence-corrected chi connectivity index (χ2v) is 5.62. The number of hydrogen-bond donors (Lipinski definition) is 1. The third kappa shape index (κ3) is 2.37. The molecule has 100 valence electrons. The molecule has 0 spiro atoms. The number of ketones is 1. The SMILES string of the molecule is Cc1cc(C(=O)C2CCCCN2)c(C)n1C(C)C. The molecular formula is C15H24N2O. The molecule has 1 unspecified atom stereocenters. The fourth-order valence-electron chi connectivity index (χ4n) is 3.08. The molecule has 1 N–H and O–H groups in total. The molecule has 1 aromatic rings. The van der Waals surface area contributed by atoms with Crippen LogP contribution in [0.25, 0.3) is 0 Å². The number of piperidine rings is 1. The van der Waals surface area contributed by atoms with Gasteiger partial charge in [0.05, 0.1) is 6.04 Å². The fraction of sp³-hybridized carbons (Fsp3) is 0.667. The van der Waals surface area contributed by atoms with Crippen LogP contribution in [0.3, 0.4) is 0 Å². The first-order chi connectivity index (χ1) is 8.52. The van der Waals surface area contributed by atoms with Gasteiger partial charge in [-0.25, -0.2) is 0 Å². The number of Topliss-reactive ketones (excluding diaryl/α,β-unsaturated/α-hetero) is 1. The van der Waals surface area contributed by atoms with Crippen LogP contribution in [0.4, 0.5) is 0 Å². The Morgan fingerprint density at radius 2 is 2.11 bits per heavy atom. The van der Waals surface area contributed by atoms with Gasteiger partial charge in [-0.05, 0) is 53.1 Å². The summed E-state index contributed by atoms with van der Waals surface area (Å²) in [5, 5.41) is 3.34. The van der Waals surface area contributed by atoms with Crippen molar-refractivity contribution in [1.82, 2.24) is 9.88 Å². The largest absolute Gasteiger partial charge is 0.346 e. The topological polar surface area (TPSA) is 34.0 Å². The van der Waals surface area contributed by atoms with Crippen molar-refractivity contribution in [3.05, 3.63) is 23.0 Å². The van der Waals surface area contributed by atoms with Gasteiger partial charge < -0.3 is 9.88 Å². The summed E-state index contributed by atoms with van der Waals surface area (Å²) in [7, 11) is 0. The molecule has 18 heavy (non-hydrogen) atoms. The Morgan fingerprint density at radius 1 is 1.39 bits per heavy atom. The number of hydrogen-bond acceptors (Lipinski definition) is 2. The van der Waals surface area contributed by atoms with Crippen molar-refractivity contribution >= 4 is 5.78 Å². The van der Waals surface area contributed by atoms with Crippen LogP contribution in [-0.2, 0) is 0 Å². The lowest BCUT2D eigenvalue weighted by Gasteiger charge is -2.22. The molecule has 1 fully saturated rings. The van der Waals surface area contributed by atoms with Crippen molar-refractivity contribution < 1.29 is 4.79 Å². The Labute approximate surface area is 110 Å². The Hall–Kier alpha value is -1.09. The molecule has 3 heteroatoms. The summed E-state index contributed by atoms with van der Waals surface area (Å²) in [4.78, 5) is 12.5. The van der Waals surface area contributed by atoms with Crippen LogP contribution >= 0.6 is 0 Å². The average Bonchev–Trinajstić information content (AvgIpc) is 2.65. The van der Waals surface area contributed by atoms with Crippen molar-refractivity contribution in [3.63, 3.8) is 0 Å². The lowest BCUT2D eigenvalue weighted by molar-refractivity contribution is 0.0926. The molecule has 0 radical (unpaired) electrons. The quantitative estimate of drug-likeness (QED) is 0.834. The van der Waals surface area contributed by atoms with E-state index in [0.717, 1.165) is 30.6 Å². The van der Waals surface area contributed by atoms with E-state index in [1.54, 1.807) is 0 Å². The number of rotatable bonds is 3. The molecule has 0 saturated carbocycles.